The molecule has 0 amide bonds. The van der Waals surface area contributed by atoms with Crippen molar-refractivity contribution in [1.29, 1.82) is 0 Å². The quantitative estimate of drug-likeness (QED) is 0.131. The second-order valence-electron chi connectivity index (χ2n) is 9.00. The van der Waals surface area contributed by atoms with E-state index in [1.165, 1.54) is 57.8 Å². The fraction of sp³-hybridized carbons (Fsp3) is 0.880. The van der Waals surface area contributed by atoms with Crippen LogP contribution in [0.15, 0.2) is 12.2 Å². The monoisotopic (exact) mass is 428 g/mol. The molecule has 0 heterocycles. The lowest BCUT2D eigenvalue weighted by Gasteiger charge is -2.27. The second kappa shape index (κ2) is 20.0. The zero-order chi connectivity index (χ0) is 22.5. The minimum atomic E-state index is -0.868. The van der Waals surface area contributed by atoms with Crippen molar-refractivity contribution in [2.75, 3.05) is 19.8 Å². The van der Waals surface area contributed by atoms with Gasteiger partial charge < -0.3 is 20.1 Å². The van der Waals surface area contributed by atoms with E-state index in [9.17, 15) is 20.1 Å². The van der Waals surface area contributed by atoms with Crippen LogP contribution in [-0.2, 0) is 9.53 Å². The number of carbonyl (C=O) groups is 1. The maximum absolute atomic E-state index is 11.7. The third kappa shape index (κ3) is 17.9. The summed E-state index contributed by atoms with van der Waals surface area (Å²) in [6.45, 7) is 3.41. The van der Waals surface area contributed by atoms with Crippen LogP contribution in [-0.4, -0.2) is 47.2 Å². The van der Waals surface area contributed by atoms with Crippen LogP contribution in [0.2, 0.25) is 0 Å². The van der Waals surface area contributed by atoms with Crippen LogP contribution >= 0.6 is 0 Å². The Labute approximate surface area is 184 Å². The molecular weight excluding hydrogens is 380 g/mol. The lowest BCUT2D eigenvalue weighted by Crippen LogP contribution is -2.33. The van der Waals surface area contributed by atoms with Gasteiger partial charge in [0.15, 0.2) is 0 Å². The third-order valence-electron chi connectivity index (χ3n) is 5.57. The number of ether oxygens (including phenoxy) is 1. The number of hydrogen-bond donors (Lipinski definition) is 3. The van der Waals surface area contributed by atoms with Crippen LogP contribution in [0.1, 0.15) is 110 Å². The molecule has 5 nitrogen and oxygen atoms in total. The summed E-state index contributed by atoms with van der Waals surface area (Å²) in [7, 11) is 0. The molecule has 0 saturated carbocycles. The van der Waals surface area contributed by atoms with Crippen molar-refractivity contribution in [2.45, 2.75) is 116 Å². The lowest BCUT2D eigenvalue weighted by atomic mass is 9.86. The van der Waals surface area contributed by atoms with Crippen molar-refractivity contribution >= 4 is 5.97 Å². The molecule has 0 rings (SSSR count). The standard InChI is InChI=1S/C25H48O5/c1-3-4-5-6-7-8-9-10-11-12-13-14-15-16-17-18-24(29)30-20-23(28)19-25(2,21-26)22-27/h10-11,23,26-28H,3-9,12-22H2,1-2H3/b11-10-. The van der Waals surface area contributed by atoms with Crippen LogP contribution < -0.4 is 0 Å². The second-order valence-corrected chi connectivity index (χ2v) is 9.00. The van der Waals surface area contributed by atoms with Gasteiger partial charge in [0.2, 0.25) is 0 Å². The Morgan fingerprint density at radius 2 is 1.37 bits per heavy atom. The van der Waals surface area contributed by atoms with E-state index >= 15 is 0 Å². The minimum absolute atomic E-state index is 0.0838. The zero-order valence-corrected chi connectivity index (χ0v) is 19.6. The molecule has 0 aromatic heterocycles. The molecule has 0 aliphatic rings. The Morgan fingerprint density at radius 3 is 1.90 bits per heavy atom. The van der Waals surface area contributed by atoms with E-state index in [1.807, 2.05) is 0 Å². The van der Waals surface area contributed by atoms with Crippen LogP contribution in [0.4, 0.5) is 0 Å². The molecular formula is C25H48O5. The molecule has 0 spiro atoms. The summed E-state index contributed by atoms with van der Waals surface area (Å²) in [4.78, 5) is 11.7. The minimum Gasteiger partial charge on any atom is -0.463 e. The molecule has 0 aromatic carbocycles. The summed E-state index contributed by atoms with van der Waals surface area (Å²) in [5.74, 6) is -0.290. The van der Waals surface area contributed by atoms with E-state index < -0.39 is 11.5 Å². The fourth-order valence-corrected chi connectivity index (χ4v) is 3.41. The van der Waals surface area contributed by atoms with Crippen LogP contribution in [0.25, 0.3) is 0 Å². The van der Waals surface area contributed by atoms with Crippen molar-refractivity contribution in [3.8, 4) is 0 Å². The molecule has 3 N–H and O–H groups in total. The molecule has 0 aromatic rings. The highest BCUT2D eigenvalue weighted by Crippen LogP contribution is 2.22. The maximum atomic E-state index is 11.7. The smallest absolute Gasteiger partial charge is 0.305 e. The summed E-state index contributed by atoms with van der Waals surface area (Å²) < 4.78 is 5.10. The summed E-state index contributed by atoms with van der Waals surface area (Å²) in [5.41, 5.74) is -0.755. The van der Waals surface area contributed by atoms with Crippen LogP contribution in [0, 0.1) is 5.41 Å². The van der Waals surface area contributed by atoms with E-state index in [-0.39, 0.29) is 32.2 Å². The summed E-state index contributed by atoms with van der Waals surface area (Å²) >= 11 is 0. The van der Waals surface area contributed by atoms with E-state index in [0.717, 1.165) is 25.7 Å². The van der Waals surface area contributed by atoms with E-state index in [0.29, 0.717) is 6.42 Å². The number of allylic oxidation sites excluding steroid dienone is 2. The number of hydrogen-bond acceptors (Lipinski definition) is 5. The molecule has 178 valence electrons. The highest BCUT2D eigenvalue weighted by Gasteiger charge is 2.26. The van der Waals surface area contributed by atoms with Gasteiger partial charge in [0.25, 0.3) is 0 Å². The van der Waals surface area contributed by atoms with E-state index in [4.69, 9.17) is 4.74 Å². The van der Waals surface area contributed by atoms with Crippen molar-refractivity contribution in [2.24, 2.45) is 5.41 Å². The van der Waals surface area contributed by atoms with Gasteiger partial charge in [-0.25, -0.2) is 0 Å². The van der Waals surface area contributed by atoms with Gasteiger partial charge in [-0.1, -0.05) is 77.4 Å². The molecule has 5 heteroatoms. The largest absolute Gasteiger partial charge is 0.463 e. The van der Waals surface area contributed by atoms with Gasteiger partial charge in [-0.15, -0.1) is 0 Å². The topological polar surface area (TPSA) is 87.0 Å². The van der Waals surface area contributed by atoms with Crippen molar-refractivity contribution in [3.63, 3.8) is 0 Å². The molecule has 30 heavy (non-hydrogen) atoms. The SMILES string of the molecule is CCCCCCCC/C=C\CCCCCCCC(=O)OCC(O)CC(C)(CO)CO. The molecule has 0 bridgehead atoms. The van der Waals surface area contributed by atoms with Gasteiger partial charge in [-0.05, 0) is 38.5 Å². The molecule has 0 aliphatic heterocycles. The van der Waals surface area contributed by atoms with Crippen molar-refractivity contribution in [3.05, 3.63) is 12.2 Å². The van der Waals surface area contributed by atoms with E-state index in [2.05, 4.69) is 19.1 Å². The Kier molecular flexibility index (Phi) is 19.4. The number of rotatable bonds is 21. The fourth-order valence-electron chi connectivity index (χ4n) is 3.41. The van der Waals surface area contributed by atoms with Gasteiger partial charge in [0, 0.05) is 11.8 Å². The molecule has 0 saturated heterocycles. The first-order valence-electron chi connectivity index (χ1n) is 12.2. The predicted octanol–water partition coefficient (Wildman–Crippen LogP) is 5.31. The number of esters is 1. The number of unbranched alkanes of at least 4 members (excludes halogenated alkanes) is 11. The molecule has 1 atom stereocenters. The Balaban J connectivity index is 3.47. The van der Waals surface area contributed by atoms with Gasteiger partial charge in [-0.2, -0.15) is 0 Å². The average Bonchev–Trinajstić information content (AvgIpc) is 2.74. The summed E-state index contributed by atoms with van der Waals surface area (Å²) in [5, 5.41) is 28.4. The highest BCUT2D eigenvalue weighted by molar-refractivity contribution is 5.69. The Hall–Kier alpha value is -0.910. The Morgan fingerprint density at radius 1 is 0.867 bits per heavy atom. The maximum Gasteiger partial charge on any atom is 0.305 e. The van der Waals surface area contributed by atoms with Crippen LogP contribution in [0.3, 0.4) is 0 Å². The molecule has 0 radical (unpaired) electrons. The number of aliphatic hydroxyl groups excluding tert-OH is 3. The number of carbonyl (C=O) groups excluding carboxylic acids is 1. The van der Waals surface area contributed by atoms with Crippen molar-refractivity contribution in [1.82, 2.24) is 0 Å². The first-order valence-corrected chi connectivity index (χ1v) is 12.2. The Bertz CT molecular complexity index is 418. The average molecular weight is 429 g/mol. The van der Waals surface area contributed by atoms with Gasteiger partial charge >= 0.3 is 5.97 Å². The van der Waals surface area contributed by atoms with E-state index in [1.54, 1.807) is 6.92 Å². The van der Waals surface area contributed by atoms with Crippen LogP contribution in [0.5, 0.6) is 0 Å². The molecule has 1 unspecified atom stereocenters. The first-order chi connectivity index (χ1) is 14.5. The predicted molar refractivity (Wildman–Crippen MR) is 123 cm³/mol. The normalized spacial score (nSPS) is 13.1. The summed E-state index contributed by atoms with van der Waals surface area (Å²) in [6.07, 6.45) is 20.2. The van der Waals surface area contributed by atoms with Gasteiger partial charge in [-0.3, -0.25) is 4.79 Å². The van der Waals surface area contributed by atoms with Gasteiger partial charge in [0.05, 0.1) is 19.3 Å². The van der Waals surface area contributed by atoms with Gasteiger partial charge in [0.1, 0.15) is 6.61 Å². The summed E-state index contributed by atoms with van der Waals surface area (Å²) in [6, 6.07) is 0. The lowest BCUT2D eigenvalue weighted by molar-refractivity contribution is -0.147. The highest BCUT2D eigenvalue weighted by atomic mass is 16.5. The number of aliphatic hydroxyl groups is 3. The zero-order valence-electron chi connectivity index (χ0n) is 19.6. The third-order valence-corrected chi connectivity index (χ3v) is 5.57. The molecule has 0 fully saturated rings. The van der Waals surface area contributed by atoms with Crippen molar-refractivity contribution < 1.29 is 24.9 Å². The molecule has 0 aliphatic carbocycles. The first kappa shape index (κ1) is 29.1.